The average molecular weight is 437 g/mol. The number of benzene rings is 3. The summed E-state index contributed by atoms with van der Waals surface area (Å²) in [6.45, 7) is 2.04. The highest BCUT2D eigenvalue weighted by Gasteiger charge is 2.20. The minimum atomic E-state index is -0.569. The maximum absolute atomic E-state index is 13.1. The molecule has 4 rings (SSSR count). The molecule has 0 radical (unpaired) electrons. The topological polar surface area (TPSA) is 72.2 Å². The number of carbonyl (C=O) groups excluding carboxylic acids is 1. The number of hydrogen-bond acceptors (Lipinski definition) is 4. The monoisotopic (exact) mass is 436 g/mol. The summed E-state index contributed by atoms with van der Waals surface area (Å²) in [4.78, 5) is 24.3. The Hall–Kier alpha value is -3.22. The van der Waals surface area contributed by atoms with Crippen molar-refractivity contribution in [3.05, 3.63) is 103 Å². The number of fused-ring (bicyclic) bond motifs is 1. The van der Waals surface area contributed by atoms with Crippen molar-refractivity contribution in [3.63, 3.8) is 0 Å². The standard InChI is InChI=1S/C23H17ClN2O3S/c1-14-6-8-15(9-7-14)12-18-17-4-2-3-5-21(17)30-22(18)23(27)25-16-10-11-19(24)20(13-16)26(28)29/h2-11,13H,12H2,1H3,(H,25,27). The summed E-state index contributed by atoms with van der Waals surface area (Å²) in [5.41, 5.74) is 3.32. The van der Waals surface area contributed by atoms with Crippen molar-refractivity contribution in [1.82, 2.24) is 0 Å². The van der Waals surface area contributed by atoms with Crippen molar-refractivity contribution >= 4 is 50.3 Å². The second-order valence-electron chi connectivity index (χ2n) is 6.95. The molecule has 150 valence electrons. The van der Waals surface area contributed by atoms with Crippen molar-refractivity contribution in [3.8, 4) is 0 Å². The lowest BCUT2D eigenvalue weighted by Crippen LogP contribution is -2.12. The lowest BCUT2D eigenvalue weighted by atomic mass is 10.0. The number of carbonyl (C=O) groups is 1. The minimum Gasteiger partial charge on any atom is -0.321 e. The van der Waals surface area contributed by atoms with Gasteiger partial charge in [-0.3, -0.25) is 14.9 Å². The Balaban J connectivity index is 1.71. The first-order valence-electron chi connectivity index (χ1n) is 9.23. The third kappa shape index (κ3) is 4.06. The first-order chi connectivity index (χ1) is 14.4. The van der Waals surface area contributed by atoms with Crippen LogP contribution in [0.15, 0.2) is 66.7 Å². The molecule has 0 atom stereocenters. The Morgan fingerprint density at radius 1 is 1.10 bits per heavy atom. The second-order valence-corrected chi connectivity index (χ2v) is 8.41. The van der Waals surface area contributed by atoms with Gasteiger partial charge in [0, 0.05) is 16.5 Å². The van der Waals surface area contributed by atoms with Crippen LogP contribution >= 0.6 is 22.9 Å². The van der Waals surface area contributed by atoms with E-state index in [4.69, 9.17) is 11.6 Å². The van der Waals surface area contributed by atoms with Crippen LogP contribution in [-0.2, 0) is 6.42 Å². The molecule has 0 bridgehead atoms. The third-order valence-corrected chi connectivity index (χ3v) is 6.34. The third-order valence-electron chi connectivity index (χ3n) is 4.81. The fourth-order valence-electron chi connectivity index (χ4n) is 3.29. The molecule has 0 aliphatic heterocycles. The molecule has 0 unspecified atom stereocenters. The van der Waals surface area contributed by atoms with Gasteiger partial charge in [-0.05, 0) is 48.1 Å². The molecule has 1 amide bonds. The van der Waals surface area contributed by atoms with E-state index in [2.05, 4.69) is 29.6 Å². The molecule has 0 saturated carbocycles. The van der Waals surface area contributed by atoms with Gasteiger partial charge in [0.1, 0.15) is 5.02 Å². The minimum absolute atomic E-state index is 0.0277. The maximum Gasteiger partial charge on any atom is 0.289 e. The van der Waals surface area contributed by atoms with Crippen molar-refractivity contribution < 1.29 is 9.72 Å². The molecule has 7 heteroatoms. The molecular formula is C23H17ClN2O3S. The van der Waals surface area contributed by atoms with E-state index in [1.54, 1.807) is 6.07 Å². The van der Waals surface area contributed by atoms with Crippen LogP contribution in [0.2, 0.25) is 5.02 Å². The van der Waals surface area contributed by atoms with Crippen molar-refractivity contribution in [2.24, 2.45) is 0 Å². The number of anilines is 1. The van der Waals surface area contributed by atoms with E-state index in [1.165, 1.54) is 29.0 Å². The fourth-order valence-corrected chi connectivity index (χ4v) is 4.59. The van der Waals surface area contributed by atoms with Crippen molar-refractivity contribution in [2.75, 3.05) is 5.32 Å². The Morgan fingerprint density at radius 2 is 1.83 bits per heavy atom. The molecule has 0 saturated heterocycles. The summed E-state index contributed by atoms with van der Waals surface area (Å²) >= 11 is 7.29. The Bertz CT molecular complexity index is 1270. The fraction of sp³-hybridized carbons (Fsp3) is 0.0870. The molecular weight excluding hydrogens is 420 g/mol. The summed E-state index contributed by atoms with van der Waals surface area (Å²) in [7, 11) is 0. The maximum atomic E-state index is 13.1. The van der Waals surface area contributed by atoms with Crippen LogP contribution in [0.1, 0.15) is 26.4 Å². The number of halogens is 1. The molecule has 4 aromatic rings. The lowest BCUT2D eigenvalue weighted by Gasteiger charge is -2.08. The van der Waals surface area contributed by atoms with E-state index < -0.39 is 4.92 Å². The molecule has 1 heterocycles. The summed E-state index contributed by atoms with van der Waals surface area (Å²) in [6, 6.07) is 20.4. The molecule has 0 fully saturated rings. The average Bonchev–Trinajstić information content (AvgIpc) is 3.09. The van der Waals surface area contributed by atoms with E-state index >= 15 is 0 Å². The molecule has 30 heavy (non-hydrogen) atoms. The van der Waals surface area contributed by atoms with Gasteiger partial charge in [-0.1, -0.05) is 59.6 Å². The highest BCUT2D eigenvalue weighted by atomic mass is 35.5. The van der Waals surface area contributed by atoms with E-state index in [0.717, 1.165) is 21.2 Å². The first-order valence-corrected chi connectivity index (χ1v) is 10.4. The van der Waals surface area contributed by atoms with Crippen LogP contribution in [-0.4, -0.2) is 10.8 Å². The number of nitro benzene ring substituents is 1. The largest absolute Gasteiger partial charge is 0.321 e. The van der Waals surface area contributed by atoms with Gasteiger partial charge in [-0.25, -0.2) is 0 Å². The first kappa shape index (κ1) is 20.1. The molecule has 0 spiro atoms. The van der Waals surface area contributed by atoms with Gasteiger partial charge >= 0.3 is 0 Å². The predicted octanol–water partition coefficient (Wildman–Crippen LogP) is 6.61. The summed E-state index contributed by atoms with van der Waals surface area (Å²) in [6.07, 6.45) is 0.619. The van der Waals surface area contributed by atoms with Gasteiger partial charge in [-0.15, -0.1) is 11.3 Å². The second kappa shape index (κ2) is 8.26. The van der Waals surface area contributed by atoms with Crippen LogP contribution in [0.3, 0.4) is 0 Å². The van der Waals surface area contributed by atoms with Gasteiger partial charge in [0.25, 0.3) is 11.6 Å². The number of aryl methyl sites for hydroxylation is 1. The summed E-state index contributed by atoms with van der Waals surface area (Å²) < 4.78 is 1.02. The molecule has 5 nitrogen and oxygen atoms in total. The van der Waals surface area contributed by atoms with Crippen molar-refractivity contribution in [2.45, 2.75) is 13.3 Å². The number of nitrogens with zero attached hydrogens (tertiary/aromatic N) is 1. The zero-order valence-electron chi connectivity index (χ0n) is 16.0. The van der Waals surface area contributed by atoms with Crippen LogP contribution in [0.25, 0.3) is 10.1 Å². The van der Waals surface area contributed by atoms with Crippen LogP contribution in [0.4, 0.5) is 11.4 Å². The highest BCUT2D eigenvalue weighted by molar-refractivity contribution is 7.21. The van der Waals surface area contributed by atoms with Gasteiger partial charge < -0.3 is 5.32 Å². The van der Waals surface area contributed by atoms with Crippen molar-refractivity contribution in [1.29, 1.82) is 0 Å². The summed E-state index contributed by atoms with van der Waals surface area (Å²) in [5.74, 6) is -0.296. The molecule has 1 aromatic heterocycles. The zero-order chi connectivity index (χ0) is 21.3. The van der Waals surface area contributed by atoms with Crippen LogP contribution in [0.5, 0.6) is 0 Å². The van der Waals surface area contributed by atoms with Crippen LogP contribution in [0, 0.1) is 17.0 Å². The Labute approximate surface area is 182 Å². The highest BCUT2D eigenvalue weighted by Crippen LogP contribution is 2.34. The Morgan fingerprint density at radius 3 is 2.57 bits per heavy atom. The number of nitro groups is 1. The number of amides is 1. The molecule has 1 N–H and O–H groups in total. The zero-order valence-corrected chi connectivity index (χ0v) is 17.6. The number of rotatable bonds is 5. The van der Waals surface area contributed by atoms with Gasteiger partial charge in [0.15, 0.2) is 0 Å². The molecule has 3 aromatic carbocycles. The van der Waals surface area contributed by atoms with Gasteiger partial charge in [-0.2, -0.15) is 0 Å². The SMILES string of the molecule is Cc1ccc(Cc2c(C(=O)Nc3ccc(Cl)c([N+](=O)[O-])c3)sc3ccccc23)cc1. The Kier molecular flexibility index (Phi) is 5.53. The van der Waals surface area contributed by atoms with E-state index in [1.807, 2.05) is 31.2 Å². The smallest absolute Gasteiger partial charge is 0.289 e. The van der Waals surface area contributed by atoms with Gasteiger partial charge in [0.05, 0.1) is 9.80 Å². The predicted molar refractivity (Wildman–Crippen MR) is 122 cm³/mol. The van der Waals surface area contributed by atoms with E-state index in [0.29, 0.717) is 17.0 Å². The van der Waals surface area contributed by atoms with Gasteiger partial charge in [0.2, 0.25) is 0 Å². The van der Waals surface area contributed by atoms with Crippen LogP contribution < -0.4 is 5.32 Å². The van der Waals surface area contributed by atoms with E-state index in [-0.39, 0.29) is 16.6 Å². The normalized spacial score (nSPS) is 10.9. The number of hydrogen-bond donors (Lipinski definition) is 1. The lowest BCUT2D eigenvalue weighted by molar-refractivity contribution is -0.384. The number of nitrogens with one attached hydrogen (secondary N) is 1. The molecule has 0 aliphatic carbocycles. The number of thiophene rings is 1. The quantitative estimate of drug-likeness (QED) is 0.282. The van der Waals surface area contributed by atoms with E-state index in [9.17, 15) is 14.9 Å². The molecule has 0 aliphatic rings. The summed E-state index contributed by atoms with van der Waals surface area (Å²) in [5, 5.41) is 15.0.